The lowest BCUT2D eigenvalue weighted by atomic mass is 9.97. The normalized spacial score (nSPS) is 23.8. The predicted molar refractivity (Wildman–Crippen MR) is 86.2 cm³/mol. The molecule has 1 unspecified atom stereocenters. The highest BCUT2D eigenvalue weighted by Crippen LogP contribution is 2.25. The Hall–Kier alpha value is -1.36. The molecule has 5 heteroatoms. The summed E-state index contributed by atoms with van der Waals surface area (Å²) in [6, 6.07) is 2.09. The van der Waals surface area contributed by atoms with Crippen molar-refractivity contribution in [2.24, 2.45) is 18.9 Å². The Balaban J connectivity index is 1.44. The zero-order valence-electron chi connectivity index (χ0n) is 13.6. The number of likely N-dealkylation sites (tertiary alicyclic amines) is 1. The SMILES string of the molecule is Cn1nccc1CN1CCCC(CNC(=O)C2CCCC2)C1. The number of carbonyl (C=O) groups is 1. The molecule has 122 valence electrons. The summed E-state index contributed by atoms with van der Waals surface area (Å²) in [6.07, 6.45) is 8.93. The highest BCUT2D eigenvalue weighted by Gasteiger charge is 2.25. The molecule has 1 aromatic heterocycles. The Morgan fingerprint density at radius 2 is 2.14 bits per heavy atom. The molecule has 2 heterocycles. The van der Waals surface area contributed by atoms with Gasteiger partial charge in [-0.3, -0.25) is 14.4 Å². The van der Waals surface area contributed by atoms with E-state index in [4.69, 9.17) is 0 Å². The van der Waals surface area contributed by atoms with E-state index in [1.807, 2.05) is 17.9 Å². The number of hydrogen-bond acceptors (Lipinski definition) is 3. The molecule has 1 N–H and O–H groups in total. The van der Waals surface area contributed by atoms with Gasteiger partial charge >= 0.3 is 0 Å². The summed E-state index contributed by atoms with van der Waals surface area (Å²) in [7, 11) is 2.00. The number of nitrogens with one attached hydrogen (secondary N) is 1. The lowest BCUT2D eigenvalue weighted by molar-refractivity contribution is -0.125. The van der Waals surface area contributed by atoms with Gasteiger partial charge in [-0.15, -0.1) is 0 Å². The lowest BCUT2D eigenvalue weighted by Crippen LogP contribution is -2.41. The van der Waals surface area contributed by atoms with Crippen LogP contribution in [-0.4, -0.2) is 40.2 Å². The minimum atomic E-state index is 0.286. The third-order valence-electron chi connectivity index (χ3n) is 5.20. The zero-order valence-corrected chi connectivity index (χ0v) is 13.6. The predicted octanol–water partition coefficient (Wildman–Crippen LogP) is 1.94. The Morgan fingerprint density at radius 3 is 2.86 bits per heavy atom. The van der Waals surface area contributed by atoms with Crippen LogP contribution < -0.4 is 5.32 Å². The van der Waals surface area contributed by atoms with E-state index in [1.165, 1.54) is 31.4 Å². The van der Waals surface area contributed by atoms with Gasteiger partial charge in [0.05, 0.1) is 5.69 Å². The lowest BCUT2D eigenvalue weighted by Gasteiger charge is -2.32. The number of carbonyl (C=O) groups excluding carboxylic acids is 1. The van der Waals surface area contributed by atoms with Crippen molar-refractivity contribution >= 4 is 5.91 Å². The molecule has 1 saturated heterocycles. The molecule has 1 atom stereocenters. The van der Waals surface area contributed by atoms with Crippen molar-refractivity contribution < 1.29 is 4.79 Å². The van der Waals surface area contributed by atoms with Gasteiger partial charge in [-0.2, -0.15) is 5.10 Å². The van der Waals surface area contributed by atoms with Crippen molar-refractivity contribution in [3.05, 3.63) is 18.0 Å². The van der Waals surface area contributed by atoms with Crippen LogP contribution in [0.25, 0.3) is 0 Å². The number of hydrogen-bond donors (Lipinski definition) is 1. The fourth-order valence-electron chi connectivity index (χ4n) is 3.82. The molecule has 1 aliphatic carbocycles. The molecular formula is C17H28N4O. The fraction of sp³-hybridized carbons (Fsp3) is 0.765. The van der Waals surface area contributed by atoms with E-state index in [1.54, 1.807) is 0 Å². The molecule has 2 fully saturated rings. The second-order valence-corrected chi connectivity index (χ2v) is 6.92. The molecule has 1 saturated carbocycles. The first-order valence-electron chi connectivity index (χ1n) is 8.69. The first-order valence-corrected chi connectivity index (χ1v) is 8.69. The fourth-order valence-corrected chi connectivity index (χ4v) is 3.82. The number of rotatable bonds is 5. The van der Waals surface area contributed by atoms with Crippen LogP contribution in [0.15, 0.2) is 12.3 Å². The molecule has 0 spiro atoms. The van der Waals surface area contributed by atoms with Crippen LogP contribution >= 0.6 is 0 Å². The second-order valence-electron chi connectivity index (χ2n) is 6.92. The molecule has 1 aliphatic heterocycles. The highest BCUT2D eigenvalue weighted by molar-refractivity contribution is 5.78. The Kier molecular flexibility index (Phi) is 5.13. The van der Waals surface area contributed by atoms with Crippen molar-refractivity contribution in [2.75, 3.05) is 19.6 Å². The van der Waals surface area contributed by atoms with E-state index in [-0.39, 0.29) is 5.92 Å². The smallest absolute Gasteiger partial charge is 0.223 e. The average molecular weight is 304 g/mol. The number of aromatic nitrogens is 2. The largest absolute Gasteiger partial charge is 0.356 e. The third-order valence-corrected chi connectivity index (χ3v) is 5.20. The van der Waals surface area contributed by atoms with Crippen LogP contribution in [0, 0.1) is 11.8 Å². The van der Waals surface area contributed by atoms with Gasteiger partial charge < -0.3 is 5.32 Å². The van der Waals surface area contributed by atoms with Crippen LogP contribution in [0.1, 0.15) is 44.2 Å². The van der Waals surface area contributed by atoms with Gasteiger partial charge in [-0.05, 0) is 44.2 Å². The van der Waals surface area contributed by atoms with Crippen LogP contribution in [0.2, 0.25) is 0 Å². The summed E-state index contributed by atoms with van der Waals surface area (Å²) < 4.78 is 1.95. The summed E-state index contributed by atoms with van der Waals surface area (Å²) in [4.78, 5) is 14.6. The molecule has 0 aromatic carbocycles. The maximum Gasteiger partial charge on any atom is 0.223 e. The van der Waals surface area contributed by atoms with Crippen LogP contribution in [0.4, 0.5) is 0 Å². The average Bonchev–Trinajstić information content (AvgIpc) is 3.18. The Morgan fingerprint density at radius 1 is 1.32 bits per heavy atom. The summed E-state index contributed by atoms with van der Waals surface area (Å²) in [6.45, 7) is 4.04. The van der Waals surface area contributed by atoms with E-state index in [9.17, 15) is 4.79 Å². The van der Waals surface area contributed by atoms with E-state index in [0.29, 0.717) is 11.8 Å². The molecule has 2 aliphatic rings. The van der Waals surface area contributed by atoms with Gasteiger partial charge in [0, 0.05) is 38.8 Å². The summed E-state index contributed by atoms with van der Waals surface area (Å²) >= 11 is 0. The van der Waals surface area contributed by atoms with Crippen molar-refractivity contribution in [2.45, 2.75) is 45.1 Å². The maximum absolute atomic E-state index is 12.1. The van der Waals surface area contributed by atoms with E-state index < -0.39 is 0 Å². The molecule has 1 aromatic rings. The standard InChI is InChI=1S/C17H28N4O/c1-20-16(8-9-19-20)13-21-10-4-5-14(12-21)11-18-17(22)15-6-2-3-7-15/h8-9,14-15H,2-7,10-13H2,1H3,(H,18,22). The number of aryl methyl sites for hydroxylation is 1. The maximum atomic E-state index is 12.1. The van der Waals surface area contributed by atoms with Crippen LogP contribution in [-0.2, 0) is 18.4 Å². The monoisotopic (exact) mass is 304 g/mol. The van der Waals surface area contributed by atoms with Crippen molar-refractivity contribution in [1.82, 2.24) is 20.0 Å². The van der Waals surface area contributed by atoms with E-state index in [0.717, 1.165) is 39.0 Å². The Labute approximate surface area is 133 Å². The summed E-state index contributed by atoms with van der Waals surface area (Å²) in [5, 5.41) is 7.44. The number of amides is 1. The van der Waals surface area contributed by atoms with Crippen molar-refractivity contribution in [3.8, 4) is 0 Å². The molecule has 22 heavy (non-hydrogen) atoms. The third kappa shape index (κ3) is 3.88. The van der Waals surface area contributed by atoms with E-state index >= 15 is 0 Å². The van der Waals surface area contributed by atoms with Crippen LogP contribution in [0.3, 0.4) is 0 Å². The molecule has 0 radical (unpaired) electrons. The highest BCUT2D eigenvalue weighted by atomic mass is 16.1. The minimum absolute atomic E-state index is 0.286. The van der Waals surface area contributed by atoms with Gasteiger partial charge in [0.1, 0.15) is 0 Å². The number of nitrogens with zero attached hydrogens (tertiary/aromatic N) is 3. The number of piperidine rings is 1. The van der Waals surface area contributed by atoms with Crippen molar-refractivity contribution in [3.63, 3.8) is 0 Å². The van der Waals surface area contributed by atoms with Gasteiger partial charge in [0.2, 0.25) is 5.91 Å². The van der Waals surface area contributed by atoms with Gasteiger partial charge in [0.25, 0.3) is 0 Å². The second kappa shape index (κ2) is 7.27. The van der Waals surface area contributed by atoms with Gasteiger partial charge in [-0.1, -0.05) is 12.8 Å². The first-order chi connectivity index (χ1) is 10.7. The van der Waals surface area contributed by atoms with Gasteiger partial charge in [-0.25, -0.2) is 0 Å². The summed E-state index contributed by atoms with van der Waals surface area (Å²) in [5.41, 5.74) is 1.26. The summed E-state index contributed by atoms with van der Waals surface area (Å²) in [5.74, 6) is 1.17. The van der Waals surface area contributed by atoms with E-state index in [2.05, 4.69) is 21.4 Å². The minimum Gasteiger partial charge on any atom is -0.356 e. The first kappa shape index (κ1) is 15.5. The Bertz CT molecular complexity index is 493. The quantitative estimate of drug-likeness (QED) is 0.904. The molecular weight excluding hydrogens is 276 g/mol. The zero-order chi connectivity index (χ0) is 15.4. The molecule has 1 amide bonds. The van der Waals surface area contributed by atoms with Gasteiger partial charge in [0.15, 0.2) is 0 Å². The molecule has 0 bridgehead atoms. The topological polar surface area (TPSA) is 50.2 Å². The molecule has 3 rings (SSSR count). The van der Waals surface area contributed by atoms with Crippen molar-refractivity contribution in [1.29, 1.82) is 0 Å². The van der Waals surface area contributed by atoms with Crippen LogP contribution in [0.5, 0.6) is 0 Å². The molecule has 5 nitrogen and oxygen atoms in total.